The van der Waals surface area contributed by atoms with Gasteiger partial charge in [-0.05, 0) is 69.3 Å². The van der Waals surface area contributed by atoms with Gasteiger partial charge in [-0.3, -0.25) is 0 Å². The standard InChI is InChI=1S/C23H37F3O7S/c24-23(25,26)34(27,28)33-21-1-9-22(10-2-21,17-31-15-7-19-3-11-29-12-4-19)18-32-16-8-20-5-13-30-14-6-20/h1,19-20H,2-18H2. The van der Waals surface area contributed by atoms with Crippen molar-refractivity contribution in [3.63, 3.8) is 0 Å². The third-order valence-corrected chi connectivity index (χ3v) is 8.00. The first kappa shape index (κ1) is 27.7. The van der Waals surface area contributed by atoms with Gasteiger partial charge in [-0.1, -0.05) is 0 Å². The van der Waals surface area contributed by atoms with Crippen LogP contribution in [0.4, 0.5) is 13.2 Å². The molecule has 2 fully saturated rings. The summed E-state index contributed by atoms with van der Waals surface area (Å²) < 4.78 is 87.8. The zero-order chi connectivity index (χ0) is 24.5. The highest BCUT2D eigenvalue weighted by Crippen LogP contribution is 2.39. The van der Waals surface area contributed by atoms with E-state index in [0.29, 0.717) is 51.1 Å². The maximum atomic E-state index is 12.7. The van der Waals surface area contributed by atoms with Crippen molar-refractivity contribution in [2.75, 3.05) is 52.9 Å². The van der Waals surface area contributed by atoms with Gasteiger partial charge in [-0.2, -0.15) is 21.6 Å². The monoisotopic (exact) mass is 514 g/mol. The van der Waals surface area contributed by atoms with Crippen molar-refractivity contribution in [1.82, 2.24) is 0 Å². The SMILES string of the molecule is O=S(=O)(OC1=CCC(COCCC2CCOCC2)(COCCC2CCOCC2)CC1)C(F)(F)F. The Bertz CT molecular complexity index is 716. The number of allylic oxidation sites excluding steroid dienone is 2. The molecular formula is C23H37F3O7S. The van der Waals surface area contributed by atoms with Crippen LogP contribution in [0.1, 0.15) is 57.8 Å². The van der Waals surface area contributed by atoms with Crippen LogP contribution in [0, 0.1) is 17.3 Å². The van der Waals surface area contributed by atoms with Crippen LogP contribution in [0.15, 0.2) is 11.8 Å². The van der Waals surface area contributed by atoms with Gasteiger partial charge in [0, 0.05) is 51.5 Å². The first-order valence-electron chi connectivity index (χ1n) is 12.2. The molecule has 34 heavy (non-hydrogen) atoms. The molecule has 0 bridgehead atoms. The Morgan fingerprint density at radius 3 is 1.82 bits per heavy atom. The summed E-state index contributed by atoms with van der Waals surface area (Å²) in [7, 11) is -5.65. The van der Waals surface area contributed by atoms with Gasteiger partial charge >= 0.3 is 15.6 Å². The van der Waals surface area contributed by atoms with E-state index >= 15 is 0 Å². The molecule has 3 aliphatic rings. The van der Waals surface area contributed by atoms with Crippen LogP contribution < -0.4 is 0 Å². The van der Waals surface area contributed by atoms with Gasteiger partial charge in [-0.25, -0.2) is 0 Å². The van der Waals surface area contributed by atoms with Crippen LogP contribution in [-0.2, 0) is 33.2 Å². The van der Waals surface area contributed by atoms with Crippen molar-refractivity contribution >= 4 is 10.1 Å². The normalized spacial score (nSPS) is 23.0. The Hall–Kier alpha value is -0.880. The average Bonchev–Trinajstić information content (AvgIpc) is 2.82. The van der Waals surface area contributed by atoms with Crippen molar-refractivity contribution in [2.45, 2.75) is 63.3 Å². The molecule has 11 heteroatoms. The second kappa shape index (κ2) is 12.9. The maximum Gasteiger partial charge on any atom is 0.534 e. The fourth-order valence-corrected chi connectivity index (χ4v) is 5.17. The fraction of sp³-hybridized carbons (Fsp3) is 0.913. The van der Waals surface area contributed by atoms with Crippen LogP contribution >= 0.6 is 0 Å². The topological polar surface area (TPSA) is 80.3 Å². The van der Waals surface area contributed by atoms with E-state index in [1.807, 2.05) is 0 Å². The lowest BCUT2D eigenvalue weighted by Crippen LogP contribution is -2.35. The molecule has 0 N–H and O–H groups in total. The van der Waals surface area contributed by atoms with E-state index in [2.05, 4.69) is 4.18 Å². The minimum atomic E-state index is -5.65. The Morgan fingerprint density at radius 2 is 1.41 bits per heavy atom. The largest absolute Gasteiger partial charge is 0.534 e. The Labute approximate surface area is 200 Å². The summed E-state index contributed by atoms with van der Waals surface area (Å²) in [6, 6.07) is 0. The average molecular weight is 515 g/mol. The van der Waals surface area contributed by atoms with E-state index in [1.165, 1.54) is 6.08 Å². The summed E-state index contributed by atoms with van der Waals surface area (Å²) >= 11 is 0. The number of hydrogen-bond acceptors (Lipinski definition) is 7. The Balaban J connectivity index is 1.51. The summed E-state index contributed by atoms with van der Waals surface area (Å²) in [5.41, 5.74) is -5.86. The smallest absolute Gasteiger partial charge is 0.381 e. The summed E-state index contributed by atoms with van der Waals surface area (Å²) in [6.07, 6.45) is 8.29. The van der Waals surface area contributed by atoms with Gasteiger partial charge in [0.15, 0.2) is 0 Å². The van der Waals surface area contributed by atoms with Gasteiger partial charge < -0.3 is 23.1 Å². The zero-order valence-electron chi connectivity index (χ0n) is 19.7. The number of halogens is 3. The van der Waals surface area contributed by atoms with Crippen LogP contribution in [-0.4, -0.2) is 66.8 Å². The first-order chi connectivity index (χ1) is 16.2. The van der Waals surface area contributed by atoms with Gasteiger partial charge in [0.05, 0.1) is 13.2 Å². The molecule has 2 heterocycles. The fourth-order valence-electron chi connectivity index (χ4n) is 4.64. The summed E-state index contributed by atoms with van der Waals surface area (Å²) in [6.45, 7) is 5.14. The van der Waals surface area contributed by atoms with Crippen LogP contribution in [0.25, 0.3) is 0 Å². The van der Waals surface area contributed by atoms with Crippen molar-refractivity contribution in [3.8, 4) is 0 Å². The van der Waals surface area contributed by atoms with Gasteiger partial charge in [0.2, 0.25) is 0 Å². The second-order valence-electron chi connectivity index (χ2n) is 9.65. The van der Waals surface area contributed by atoms with Crippen LogP contribution in [0.2, 0.25) is 0 Å². The first-order valence-corrected chi connectivity index (χ1v) is 13.6. The van der Waals surface area contributed by atoms with Crippen molar-refractivity contribution in [1.29, 1.82) is 0 Å². The van der Waals surface area contributed by atoms with E-state index in [4.69, 9.17) is 18.9 Å². The molecule has 3 rings (SSSR count). The molecule has 0 atom stereocenters. The Kier molecular flexibility index (Phi) is 10.5. The van der Waals surface area contributed by atoms with Gasteiger partial charge in [0.1, 0.15) is 5.76 Å². The minimum absolute atomic E-state index is 0.0853. The summed E-state index contributed by atoms with van der Waals surface area (Å²) in [4.78, 5) is 0. The van der Waals surface area contributed by atoms with Crippen molar-refractivity contribution in [3.05, 3.63) is 11.8 Å². The zero-order valence-corrected chi connectivity index (χ0v) is 20.5. The van der Waals surface area contributed by atoms with Crippen LogP contribution in [0.3, 0.4) is 0 Å². The quantitative estimate of drug-likeness (QED) is 0.214. The lowest BCUT2D eigenvalue weighted by molar-refractivity contribution is -0.0542. The predicted octanol–water partition coefficient (Wildman–Crippen LogP) is 4.57. The number of hydrogen-bond donors (Lipinski definition) is 0. The summed E-state index contributed by atoms with van der Waals surface area (Å²) in [5, 5.41) is 0. The molecule has 0 unspecified atom stereocenters. The maximum absolute atomic E-state index is 12.7. The van der Waals surface area contributed by atoms with E-state index in [-0.39, 0.29) is 12.2 Å². The molecule has 2 saturated heterocycles. The predicted molar refractivity (Wildman–Crippen MR) is 118 cm³/mol. The highest BCUT2D eigenvalue weighted by Gasteiger charge is 2.49. The molecule has 198 valence electrons. The third kappa shape index (κ3) is 8.65. The molecule has 0 saturated carbocycles. The number of rotatable bonds is 12. The van der Waals surface area contributed by atoms with E-state index in [9.17, 15) is 21.6 Å². The molecule has 0 amide bonds. The molecule has 0 aromatic rings. The Morgan fingerprint density at radius 1 is 0.912 bits per heavy atom. The second-order valence-corrected chi connectivity index (χ2v) is 11.2. The lowest BCUT2D eigenvalue weighted by atomic mass is 9.78. The van der Waals surface area contributed by atoms with E-state index < -0.39 is 21.0 Å². The van der Waals surface area contributed by atoms with E-state index in [0.717, 1.165) is 65.0 Å². The highest BCUT2D eigenvalue weighted by atomic mass is 32.2. The molecule has 0 aromatic carbocycles. The minimum Gasteiger partial charge on any atom is -0.381 e. The molecule has 0 spiro atoms. The van der Waals surface area contributed by atoms with Gasteiger partial charge in [0.25, 0.3) is 0 Å². The number of ether oxygens (including phenoxy) is 4. The highest BCUT2D eigenvalue weighted by molar-refractivity contribution is 7.87. The van der Waals surface area contributed by atoms with Crippen LogP contribution in [0.5, 0.6) is 0 Å². The lowest BCUT2D eigenvalue weighted by Gasteiger charge is -2.36. The molecular weight excluding hydrogens is 477 g/mol. The molecule has 2 aliphatic heterocycles. The third-order valence-electron chi connectivity index (χ3n) is 7.00. The molecule has 0 radical (unpaired) electrons. The summed E-state index contributed by atoms with van der Waals surface area (Å²) in [5.74, 6) is 0.996. The molecule has 7 nitrogen and oxygen atoms in total. The molecule has 0 aromatic heterocycles. The van der Waals surface area contributed by atoms with Crippen molar-refractivity contribution < 1.29 is 44.7 Å². The van der Waals surface area contributed by atoms with Crippen molar-refractivity contribution in [2.24, 2.45) is 17.3 Å². The van der Waals surface area contributed by atoms with Gasteiger partial charge in [-0.15, -0.1) is 0 Å². The van der Waals surface area contributed by atoms with E-state index in [1.54, 1.807) is 0 Å². The molecule has 1 aliphatic carbocycles. The number of alkyl halides is 3.